The first kappa shape index (κ1) is 26.1. The number of pyridine rings is 1. The van der Waals surface area contributed by atoms with E-state index >= 15 is 0 Å². The van der Waals surface area contributed by atoms with Gasteiger partial charge in [0, 0.05) is 17.5 Å². The van der Waals surface area contributed by atoms with Crippen molar-refractivity contribution in [3.63, 3.8) is 0 Å². The molecule has 2 amide bonds. The van der Waals surface area contributed by atoms with Crippen LogP contribution in [0.5, 0.6) is 0 Å². The van der Waals surface area contributed by atoms with E-state index in [9.17, 15) is 18.4 Å². The van der Waals surface area contributed by atoms with Gasteiger partial charge < -0.3 is 10.2 Å². The Morgan fingerprint density at radius 1 is 1.00 bits per heavy atom. The summed E-state index contributed by atoms with van der Waals surface area (Å²) >= 11 is 0. The lowest BCUT2D eigenvalue weighted by Gasteiger charge is -2.27. The third-order valence-electron chi connectivity index (χ3n) is 7.97. The molecule has 1 aliphatic heterocycles. The fraction of sp³-hybridized carbons (Fsp3) is 0.303. The van der Waals surface area contributed by atoms with Gasteiger partial charge in [-0.3, -0.25) is 14.6 Å². The summed E-state index contributed by atoms with van der Waals surface area (Å²) in [6.45, 7) is 1.77. The first-order valence-corrected chi connectivity index (χ1v) is 13.8. The second-order valence-corrected chi connectivity index (χ2v) is 10.9. The molecule has 1 N–H and O–H groups in total. The fourth-order valence-corrected chi connectivity index (χ4v) is 5.74. The molecule has 0 unspecified atom stereocenters. The SMILES string of the molecule is Cc1ccc2c(CC(=O)N3C[C@H](F)C[C@H]3C(=O)N[C@@H](c3ccccc3)c3ccc(C4CC4)c(F)c3)cccc2n1. The van der Waals surface area contributed by atoms with E-state index in [1.54, 1.807) is 6.07 Å². The summed E-state index contributed by atoms with van der Waals surface area (Å²) in [6, 6.07) is 22.3. The highest BCUT2D eigenvalue weighted by atomic mass is 19.1. The molecule has 0 spiro atoms. The van der Waals surface area contributed by atoms with Crippen molar-refractivity contribution in [2.45, 2.75) is 56.8 Å². The minimum absolute atomic E-state index is 0.0362. The van der Waals surface area contributed by atoms with Crippen LogP contribution in [0.25, 0.3) is 10.9 Å². The maximum absolute atomic E-state index is 15.0. The van der Waals surface area contributed by atoms with Crippen LogP contribution in [0.15, 0.2) is 78.9 Å². The van der Waals surface area contributed by atoms with Gasteiger partial charge in [-0.15, -0.1) is 0 Å². The van der Waals surface area contributed by atoms with Gasteiger partial charge in [0.05, 0.1) is 24.5 Å². The molecule has 5 nitrogen and oxygen atoms in total. The molecule has 1 aromatic heterocycles. The molecule has 3 aromatic carbocycles. The van der Waals surface area contributed by atoms with E-state index in [2.05, 4.69) is 10.3 Å². The van der Waals surface area contributed by atoms with Crippen LogP contribution in [0, 0.1) is 12.7 Å². The van der Waals surface area contributed by atoms with Gasteiger partial charge in [0.25, 0.3) is 0 Å². The quantitative estimate of drug-likeness (QED) is 0.316. The summed E-state index contributed by atoms with van der Waals surface area (Å²) in [5.41, 5.74) is 4.53. The van der Waals surface area contributed by atoms with E-state index in [0.717, 1.165) is 40.6 Å². The van der Waals surface area contributed by atoms with Crippen LogP contribution < -0.4 is 5.32 Å². The van der Waals surface area contributed by atoms with Crippen LogP contribution in [0.2, 0.25) is 0 Å². The predicted octanol–water partition coefficient (Wildman–Crippen LogP) is 5.95. The van der Waals surface area contributed by atoms with Gasteiger partial charge in [0.1, 0.15) is 18.0 Å². The number of likely N-dealkylation sites (tertiary alicyclic amines) is 1. The number of halogens is 2. The van der Waals surface area contributed by atoms with Gasteiger partial charge >= 0.3 is 0 Å². The summed E-state index contributed by atoms with van der Waals surface area (Å²) in [5.74, 6) is -0.787. The third-order valence-corrected chi connectivity index (χ3v) is 7.97. The molecule has 3 atom stereocenters. The van der Waals surface area contributed by atoms with Crippen molar-refractivity contribution in [2.24, 2.45) is 0 Å². The van der Waals surface area contributed by atoms with Gasteiger partial charge in [0.2, 0.25) is 11.8 Å². The Bertz CT molecular complexity index is 1570. The summed E-state index contributed by atoms with van der Waals surface area (Å²) in [7, 11) is 0. The normalized spacial score (nSPS) is 19.5. The monoisotopic (exact) mass is 539 g/mol. The molecule has 6 rings (SSSR count). The lowest BCUT2D eigenvalue weighted by molar-refractivity contribution is -0.138. The number of hydrogen-bond donors (Lipinski definition) is 1. The van der Waals surface area contributed by atoms with Crippen molar-refractivity contribution in [2.75, 3.05) is 6.54 Å². The zero-order valence-corrected chi connectivity index (χ0v) is 22.3. The number of hydrogen-bond acceptors (Lipinski definition) is 3. The Labute approximate surface area is 232 Å². The van der Waals surface area contributed by atoms with Crippen molar-refractivity contribution in [1.82, 2.24) is 15.2 Å². The van der Waals surface area contributed by atoms with Crippen LogP contribution in [0.1, 0.15) is 59.2 Å². The summed E-state index contributed by atoms with van der Waals surface area (Å²) in [6.07, 6.45) is 0.626. The van der Waals surface area contributed by atoms with E-state index in [0.29, 0.717) is 11.1 Å². The van der Waals surface area contributed by atoms with Crippen molar-refractivity contribution in [3.8, 4) is 0 Å². The number of alkyl halides is 1. The van der Waals surface area contributed by atoms with E-state index in [1.807, 2.05) is 73.7 Å². The summed E-state index contributed by atoms with van der Waals surface area (Å²) in [4.78, 5) is 33.0. The van der Waals surface area contributed by atoms with Crippen molar-refractivity contribution in [3.05, 3.63) is 113 Å². The van der Waals surface area contributed by atoms with Crippen molar-refractivity contribution >= 4 is 22.7 Å². The molecule has 40 heavy (non-hydrogen) atoms. The molecule has 2 aliphatic rings. The van der Waals surface area contributed by atoms with E-state index in [4.69, 9.17) is 0 Å². The van der Waals surface area contributed by atoms with Gasteiger partial charge in [-0.05, 0) is 66.1 Å². The molecule has 1 saturated carbocycles. The number of nitrogens with one attached hydrogen (secondary N) is 1. The van der Waals surface area contributed by atoms with E-state index < -0.39 is 24.2 Å². The highest BCUT2D eigenvalue weighted by molar-refractivity contribution is 5.92. The Morgan fingerprint density at radius 2 is 1.80 bits per heavy atom. The second kappa shape index (κ2) is 10.8. The molecule has 0 radical (unpaired) electrons. The molecular weight excluding hydrogens is 508 g/mol. The van der Waals surface area contributed by atoms with Gasteiger partial charge in [-0.1, -0.05) is 60.7 Å². The molecule has 2 heterocycles. The van der Waals surface area contributed by atoms with Gasteiger partial charge in [-0.2, -0.15) is 0 Å². The molecule has 0 bridgehead atoms. The van der Waals surface area contributed by atoms with Crippen molar-refractivity contribution < 1.29 is 18.4 Å². The first-order valence-electron chi connectivity index (χ1n) is 13.8. The van der Waals surface area contributed by atoms with Crippen LogP contribution in [0.4, 0.5) is 8.78 Å². The molecular formula is C33H31F2N3O2. The van der Waals surface area contributed by atoms with Gasteiger partial charge in [-0.25, -0.2) is 8.78 Å². The highest BCUT2D eigenvalue weighted by Gasteiger charge is 2.40. The zero-order valence-electron chi connectivity index (χ0n) is 22.3. The number of aromatic nitrogens is 1. The average Bonchev–Trinajstić information content (AvgIpc) is 3.71. The second-order valence-electron chi connectivity index (χ2n) is 10.9. The topological polar surface area (TPSA) is 62.3 Å². The van der Waals surface area contributed by atoms with E-state index in [-0.39, 0.29) is 37.0 Å². The first-order chi connectivity index (χ1) is 19.4. The van der Waals surface area contributed by atoms with Crippen LogP contribution in [-0.2, 0) is 16.0 Å². The molecule has 2 fully saturated rings. The number of rotatable bonds is 7. The van der Waals surface area contributed by atoms with Crippen LogP contribution in [-0.4, -0.2) is 40.5 Å². The molecule has 1 aliphatic carbocycles. The number of carbonyl (C=O) groups excluding carboxylic acids is 2. The third kappa shape index (κ3) is 5.33. The minimum atomic E-state index is -1.30. The Balaban J connectivity index is 1.25. The Kier molecular flexibility index (Phi) is 7.05. The predicted molar refractivity (Wildman–Crippen MR) is 150 cm³/mol. The lowest BCUT2D eigenvalue weighted by atomic mass is 9.96. The highest BCUT2D eigenvalue weighted by Crippen LogP contribution is 2.42. The molecule has 4 aromatic rings. The minimum Gasteiger partial charge on any atom is -0.343 e. The van der Waals surface area contributed by atoms with Crippen LogP contribution >= 0.6 is 0 Å². The smallest absolute Gasteiger partial charge is 0.243 e. The maximum Gasteiger partial charge on any atom is 0.243 e. The molecule has 1 saturated heterocycles. The maximum atomic E-state index is 15.0. The number of amides is 2. The number of benzene rings is 3. The van der Waals surface area contributed by atoms with Gasteiger partial charge in [0.15, 0.2) is 0 Å². The summed E-state index contributed by atoms with van der Waals surface area (Å²) < 4.78 is 29.7. The van der Waals surface area contributed by atoms with E-state index in [1.165, 1.54) is 11.0 Å². The Hall–Kier alpha value is -4.13. The Morgan fingerprint density at radius 3 is 2.55 bits per heavy atom. The van der Waals surface area contributed by atoms with Crippen LogP contribution in [0.3, 0.4) is 0 Å². The zero-order chi connectivity index (χ0) is 27.8. The average molecular weight is 540 g/mol. The largest absolute Gasteiger partial charge is 0.343 e. The summed E-state index contributed by atoms with van der Waals surface area (Å²) in [5, 5.41) is 3.87. The number of carbonyl (C=O) groups is 2. The lowest BCUT2D eigenvalue weighted by Crippen LogP contribution is -2.47. The number of aryl methyl sites for hydroxylation is 1. The molecule has 204 valence electrons. The van der Waals surface area contributed by atoms with Crippen molar-refractivity contribution in [1.29, 1.82) is 0 Å². The fourth-order valence-electron chi connectivity index (χ4n) is 5.74. The number of fused-ring (bicyclic) bond motifs is 1. The standard InChI is InChI=1S/C33H31F2N3O2/c1-20-10-14-27-23(8-5-9-29(27)36-20)17-31(39)38-19-25(34)18-30(38)33(40)37-32(22-6-3-2-4-7-22)24-13-15-26(21-11-12-21)28(35)16-24/h2-10,13-16,21,25,30,32H,11-12,17-19H2,1H3,(H,37,40)/t25-,30+,32+/m1/s1. The number of nitrogens with zero attached hydrogens (tertiary/aromatic N) is 2. The molecule has 7 heteroatoms.